The van der Waals surface area contributed by atoms with Crippen LogP contribution in [-0.4, -0.2) is 54.4 Å². The van der Waals surface area contributed by atoms with Crippen molar-refractivity contribution < 1.29 is 27.1 Å². The molecule has 6 rings (SSSR count). The topological polar surface area (TPSA) is 130 Å². The zero-order valence-corrected chi connectivity index (χ0v) is 23.5. The fourth-order valence-electron chi connectivity index (χ4n) is 4.78. The molecule has 12 heteroatoms. The van der Waals surface area contributed by atoms with E-state index in [0.717, 1.165) is 16.1 Å². The highest BCUT2D eigenvalue weighted by atomic mass is 32.2. The van der Waals surface area contributed by atoms with Crippen molar-refractivity contribution in [2.75, 3.05) is 24.7 Å². The third-order valence-corrected chi connectivity index (χ3v) is 8.16. The van der Waals surface area contributed by atoms with Gasteiger partial charge in [0.1, 0.15) is 34.3 Å². The first-order valence-corrected chi connectivity index (χ1v) is 14.6. The molecule has 0 saturated heterocycles. The highest BCUT2D eigenvalue weighted by Crippen LogP contribution is 2.42. The maximum atomic E-state index is 13.7. The van der Waals surface area contributed by atoms with Crippen molar-refractivity contribution in [2.45, 2.75) is 0 Å². The van der Waals surface area contributed by atoms with Gasteiger partial charge in [-0.25, -0.2) is 22.3 Å². The minimum Gasteiger partial charge on any atom is -0.506 e. The van der Waals surface area contributed by atoms with Crippen molar-refractivity contribution in [3.05, 3.63) is 90.4 Å². The standard InChI is InChI=1S/C30H24FN5O5S/c1-32-30(38)27-21-15-20(22-11-12-25(37)28(33-22)23-14-19-6-4-5-13-36(19)34-23)24(35(2)42(3,39)40)16-26(21)41-29(27)17-7-9-18(31)10-8-17/h4-16,37H,1-3H3,(H,32,38). The van der Waals surface area contributed by atoms with E-state index >= 15 is 0 Å². The summed E-state index contributed by atoms with van der Waals surface area (Å²) in [6.07, 6.45) is 2.83. The fraction of sp³-hybridized carbons (Fsp3) is 0.100. The summed E-state index contributed by atoms with van der Waals surface area (Å²) in [5.41, 5.74) is 3.18. The Morgan fingerprint density at radius 2 is 1.81 bits per heavy atom. The maximum Gasteiger partial charge on any atom is 0.255 e. The summed E-state index contributed by atoms with van der Waals surface area (Å²) in [5.74, 6) is -0.824. The highest BCUT2D eigenvalue weighted by molar-refractivity contribution is 7.92. The Labute approximate surface area is 239 Å². The van der Waals surface area contributed by atoms with Crippen LogP contribution in [-0.2, 0) is 10.0 Å². The lowest BCUT2D eigenvalue weighted by Crippen LogP contribution is -2.25. The minimum absolute atomic E-state index is 0.116. The predicted molar refractivity (Wildman–Crippen MR) is 157 cm³/mol. The van der Waals surface area contributed by atoms with Gasteiger partial charge in [0.25, 0.3) is 5.91 Å². The van der Waals surface area contributed by atoms with Crippen LogP contribution in [0.3, 0.4) is 0 Å². The summed E-state index contributed by atoms with van der Waals surface area (Å²) in [5, 5.41) is 18.2. The van der Waals surface area contributed by atoms with Gasteiger partial charge in [0, 0.05) is 42.9 Å². The summed E-state index contributed by atoms with van der Waals surface area (Å²) in [7, 11) is -0.873. The number of nitrogens with one attached hydrogen (secondary N) is 1. The molecule has 42 heavy (non-hydrogen) atoms. The van der Waals surface area contributed by atoms with E-state index in [1.807, 2.05) is 18.2 Å². The van der Waals surface area contributed by atoms with E-state index in [1.165, 1.54) is 50.5 Å². The lowest BCUT2D eigenvalue weighted by atomic mass is 10.0. The van der Waals surface area contributed by atoms with Crippen LogP contribution in [0.2, 0.25) is 0 Å². The first kappa shape index (κ1) is 27.0. The van der Waals surface area contributed by atoms with Crippen molar-refractivity contribution in [1.82, 2.24) is 19.9 Å². The monoisotopic (exact) mass is 585 g/mol. The summed E-state index contributed by atoms with van der Waals surface area (Å²) < 4.78 is 47.9. The van der Waals surface area contributed by atoms with Crippen LogP contribution in [0, 0.1) is 5.82 Å². The van der Waals surface area contributed by atoms with Gasteiger partial charge >= 0.3 is 0 Å². The molecule has 0 aliphatic heterocycles. The molecule has 0 fully saturated rings. The van der Waals surface area contributed by atoms with E-state index < -0.39 is 21.7 Å². The van der Waals surface area contributed by atoms with Crippen molar-refractivity contribution in [3.8, 4) is 39.7 Å². The van der Waals surface area contributed by atoms with Gasteiger partial charge < -0.3 is 14.8 Å². The van der Waals surface area contributed by atoms with Gasteiger partial charge in [-0.2, -0.15) is 5.10 Å². The zero-order chi connectivity index (χ0) is 29.8. The number of pyridine rings is 2. The summed E-state index contributed by atoms with van der Waals surface area (Å²) in [6.45, 7) is 0. The third-order valence-electron chi connectivity index (χ3n) is 6.97. The molecule has 2 N–H and O–H groups in total. The molecule has 0 unspecified atom stereocenters. The molecule has 212 valence electrons. The first-order valence-electron chi connectivity index (χ1n) is 12.7. The number of furan rings is 1. The van der Waals surface area contributed by atoms with E-state index in [4.69, 9.17) is 4.42 Å². The molecule has 10 nitrogen and oxygen atoms in total. The maximum absolute atomic E-state index is 13.7. The van der Waals surface area contributed by atoms with Gasteiger partial charge in [-0.15, -0.1) is 0 Å². The van der Waals surface area contributed by atoms with Crippen LogP contribution in [0.1, 0.15) is 10.4 Å². The number of carbonyl (C=O) groups excluding carboxylic acids is 1. The number of aromatic nitrogens is 3. The Hall–Kier alpha value is -5.23. The zero-order valence-electron chi connectivity index (χ0n) is 22.7. The van der Waals surface area contributed by atoms with Crippen LogP contribution in [0.25, 0.3) is 50.5 Å². The van der Waals surface area contributed by atoms with E-state index in [0.29, 0.717) is 27.9 Å². The molecule has 0 radical (unpaired) electrons. The van der Waals surface area contributed by atoms with Crippen molar-refractivity contribution >= 4 is 38.1 Å². The Morgan fingerprint density at radius 1 is 1.05 bits per heavy atom. The van der Waals surface area contributed by atoms with Crippen molar-refractivity contribution in [3.63, 3.8) is 0 Å². The molecular weight excluding hydrogens is 561 g/mol. The number of halogens is 1. The second-order valence-electron chi connectivity index (χ2n) is 9.65. The average molecular weight is 586 g/mol. The number of fused-ring (bicyclic) bond motifs is 2. The van der Waals surface area contributed by atoms with Gasteiger partial charge in [-0.3, -0.25) is 9.10 Å². The number of amides is 1. The number of anilines is 1. The Kier molecular flexibility index (Phi) is 6.42. The normalized spacial score (nSPS) is 11.7. The quantitative estimate of drug-likeness (QED) is 0.279. The van der Waals surface area contributed by atoms with Gasteiger partial charge in [-0.1, -0.05) is 6.07 Å². The minimum atomic E-state index is -3.75. The van der Waals surface area contributed by atoms with Crippen molar-refractivity contribution in [1.29, 1.82) is 0 Å². The van der Waals surface area contributed by atoms with E-state index in [-0.39, 0.29) is 34.0 Å². The van der Waals surface area contributed by atoms with Crippen molar-refractivity contribution in [2.24, 2.45) is 0 Å². The van der Waals surface area contributed by atoms with Crippen LogP contribution in [0.4, 0.5) is 10.1 Å². The SMILES string of the molecule is CNC(=O)c1c(-c2ccc(F)cc2)oc2cc(N(C)S(C)(=O)=O)c(-c3ccc(O)c(-c4cc5ccccn5n4)n3)cc12. The summed E-state index contributed by atoms with van der Waals surface area (Å²) in [6, 6.07) is 19.0. The number of hydrogen-bond donors (Lipinski definition) is 2. The van der Waals surface area contributed by atoms with E-state index in [2.05, 4.69) is 15.4 Å². The summed E-state index contributed by atoms with van der Waals surface area (Å²) >= 11 is 0. The number of sulfonamides is 1. The molecule has 1 amide bonds. The lowest BCUT2D eigenvalue weighted by molar-refractivity contribution is 0.0964. The number of hydrogen-bond acceptors (Lipinski definition) is 7. The van der Waals surface area contributed by atoms with Gasteiger partial charge in [0.2, 0.25) is 10.0 Å². The molecule has 0 aliphatic carbocycles. The molecule has 0 bridgehead atoms. The van der Waals surface area contributed by atoms with Gasteiger partial charge in [0.15, 0.2) is 0 Å². The molecule has 0 saturated carbocycles. The summed E-state index contributed by atoms with van der Waals surface area (Å²) in [4.78, 5) is 17.8. The molecule has 4 heterocycles. The number of benzene rings is 2. The molecule has 6 aromatic rings. The lowest BCUT2D eigenvalue weighted by Gasteiger charge is -2.20. The van der Waals surface area contributed by atoms with Crippen LogP contribution in [0.15, 0.2) is 83.4 Å². The molecule has 4 aromatic heterocycles. The molecule has 0 aliphatic rings. The Bertz CT molecular complexity index is 2090. The highest BCUT2D eigenvalue weighted by Gasteiger charge is 2.27. The second kappa shape index (κ2) is 10.00. The molecule has 0 atom stereocenters. The first-order chi connectivity index (χ1) is 20.0. The fourth-order valence-corrected chi connectivity index (χ4v) is 5.28. The second-order valence-corrected chi connectivity index (χ2v) is 11.7. The number of aromatic hydroxyl groups is 1. The number of nitrogens with zero attached hydrogens (tertiary/aromatic N) is 4. The number of rotatable bonds is 6. The average Bonchev–Trinajstić information content (AvgIpc) is 3.57. The Morgan fingerprint density at radius 3 is 2.50 bits per heavy atom. The molecule has 2 aromatic carbocycles. The van der Waals surface area contributed by atoms with E-state index in [9.17, 15) is 22.7 Å². The molecular formula is C30H24FN5O5S. The molecule has 0 spiro atoms. The third kappa shape index (κ3) is 4.61. The van der Waals surface area contributed by atoms with Crippen LogP contribution >= 0.6 is 0 Å². The smallest absolute Gasteiger partial charge is 0.255 e. The predicted octanol–water partition coefficient (Wildman–Crippen LogP) is 5.08. The van der Waals surface area contributed by atoms with E-state index in [1.54, 1.807) is 28.9 Å². The van der Waals surface area contributed by atoms with Gasteiger partial charge in [0.05, 0.1) is 28.7 Å². The van der Waals surface area contributed by atoms with Gasteiger partial charge in [-0.05, 0) is 60.7 Å². The Balaban J connectivity index is 1.63. The largest absolute Gasteiger partial charge is 0.506 e. The van der Waals surface area contributed by atoms with Crippen LogP contribution in [0.5, 0.6) is 5.75 Å². The number of carbonyl (C=O) groups is 1. The van der Waals surface area contributed by atoms with Crippen LogP contribution < -0.4 is 9.62 Å².